The molecule has 0 aliphatic carbocycles. The molecule has 7 nitrogen and oxygen atoms in total. The third kappa shape index (κ3) is 5.35. The molecule has 0 aromatic heterocycles. The van der Waals surface area contributed by atoms with Crippen molar-refractivity contribution in [2.24, 2.45) is 0 Å². The molecule has 1 atom stereocenters. The number of aliphatic hydroxyl groups excluding tert-OH is 1. The van der Waals surface area contributed by atoms with Crippen LogP contribution in [0.4, 0.5) is 0 Å². The highest BCUT2D eigenvalue weighted by atomic mass is 79.9. The summed E-state index contributed by atoms with van der Waals surface area (Å²) in [4.78, 5) is 30.2. The van der Waals surface area contributed by atoms with Gasteiger partial charge in [-0.25, -0.2) is 0 Å². The van der Waals surface area contributed by atoms with Crippen molar-refractivity contribution in [3.8, 4) is 5.75 Å². The Balaban J connectivity index is 1.69. The minimum atomic E-state index is -0.659. The minimum absolute atomic E-state index is 0.0258. The summed E-state index contributed by atoms with van der Waals surface area (Å²) in [5, 5.41) is 14.5. The monoisotopic (exact) mass is 527 g/mol. The van der Waals surface area contributed by atoms with Crippen molar-refractivity contribution in [3.63, 3.8) is 0 Å². The van der Waals surface area contributed by atoms with Gasteiger partial charge in [0.2, 0.25) is 0 Å². The van der Waals surface area contributed by atoms with E-state index in [2.05, 4.69) is 26.1 Å². The van der Waals surface area contributed by atoms with E-state index in [0.717, 1.165) is 36.2 Å². The zero-order valence-electron chi connectivity index (χ0n) is 19.5. The molecule has 180 valence electrons. The molecule has 0 spiro atoms. The highest BCUT2D eigenvalue weighted by Crippen LogP contribution is 2.39. The Morgan fingerprint density at radius 2 is 1.71 bits per heavy atom. The summed E-state index contributed by atoms with van der Waals surface area (Å²) in [5.41, 5.74) is 1.37. The van der Waals surface area contributed by atoms with Crippen LogP contribution in [0.25, 0.3) is 5.76 Å². The van der Waals surface area contributed by atoms with Crippen LogP contribution in [-0.2, 0) is 9.59 Å². The van der Waals surface area contributed by atoms with E-state index in [9.17, 15) is 14.7 Å². The number of benzene rings is 2. The van der Waals surface area contributed by atoms with Crippen molar-refractivity contribution in [3.05, 3.63) is 69.7 Å². The summed E-state index contributed by atoms with van der Waals surface area (Å²) < 4.78 is 6.58. The number of halogens is 1. The van der Waals surface area contributed by atoms with Gasteiger partial charge in [0.25, 0.3) is 11.7 Å². The third-order valence-corrected chi connectivity index (χ3v) is 6.62. The van der Waals surface area contributed by atoms with E-state index in [-0.39, 0.29) is 17.4 Å². The van der Waals surface area contributed by atoms with Gasteiger partial charge in [-0.2, -0.15) is 0 Å². The number of rotatable bonds is 7. The summed E-state index contributed by atoms with van der Waals surface area (Å²) in [5.74, 6) is -0.739. The number of Topliss-reactive ketones (excluding diaryl/α,β-unsaturated/α-hetero) is 1. The number of ether oxygens (including phenoxy) is 1. The summed E-state index contributed by atoms with van der Waals surface area (Å²) in [6.07, 6.45) is 0.0258. The van der Waals surface area contributed by atoms with E-state index in [1.165, 1.54) is 0 Å². The number of nitrogens with one attached hydrogen (secondary N) is 1. The highest BCUT2D eigenvalue weighted by molar-refractivity contribution is 9.10. The normalized spacial score (nSPS) is 20.8. The van der Waals surface area contributed by atoms with Crippen molar-refractivity contribution in [2.45, 2.75) is 26.0 Å². The molecule has 2 aliphatic heterocycles. The first-order valence-corrected chi connectivity index (χ1v) is 12.4. The zero-order chi connectivity index (χ0) is 24.2. The molecule has 1 unspecified atom stereocenters. The van der Waals surface area contributed by atoms with Crippen molar-refractivity contribution < 1.29 is 19.4 Å². The van der Waals surface area contributed by atoms with Crippen LogP contribution < -0.4 is 10.1 Å². The topological polar surface area (TPSA) is 82.1 Å². The maximum Gasteiger partial charge on any atom is 0.295 e. The van der Waals surface area contributed by atoms with Gasteiger partial charge in [0.05, 0.1) is 17.7 Å². The van der Waals surface area contributed by atoms with Gasteiger partial charge in [-0.3, -0.25) is 14.5 Å². The van der Waals surface area contributed by atoms with Crippen LogP contribution in [0.3, 0.4) is 0 Å². The van der Waals surface area contributed by atoms with Crippen LogP contribution in [0.5, 0.6) is 5.75 Å². The Hall–Kier alpha value is -2.68. The van der Waals surface area contributed by atoms with Gasteiger partial charge in [0.15, 0.2) is 0 Å². The summed E-state index contributed by atoms with van der Waals surface area (Å²) in [6.45, 7) is 8.57. The van der Waals surface area contributed by atoms with E-state index in [0.29, 0.717) is 24.4 Å². The second-order valence-electron chi connectivity index (χ2n) is 8.83. The SMILES string of the molecule is CC(C)Oc1ccc(/C(O)=C2\C(=O)C(=O)N(CCN3CCNCC3)C2c2ccc(Br)cc2)cc1. The van der Waals surface area contributed by atoms with Crippen LogP contribution in [-0.4, -0.2) is 72.0 Å². The number of aliphatic hydroxyl groups is 1. The minimum Gasteiger partial charge on any atom is -0.507 e. The first kappa shape index (κ1) is 24.4. The molecule has 0 bridgehead atoms. The zero-order valence-corrected chi connectivity index (χ0v) is 21.0. The van der Waals surface area contributed by atoms with Crippen molar-refractivity contribution in [1.82, 2.24) is 15.1 Å². The number of hydrogen-bond acceptors (Lipinski definition) is 6. The smallest absolute Gasteiger partial charge is 0.295 e. The summed E-state index contributed by atoms with van der Waals surface area (Å²) >= 11 is 3.45. The second kappa shape index (κ2) is 10.7. The van der Waals surface area contributed by atoms with Crippen LogP contribution >= 0.6 is 15.9 Å². The Morgan fingerprint density at radius 1 is 1.06 bits per heavy atom. The number of carbonyl (C=O) groups is 2. The number of amides is 1. The van der Waals surface area contributed by atoms with Crippen LogP contribution in [0.2, 0.25) is 0 Å². The number of carbonyl (C=O) groups excluding carboxylic acids is 2. The molecular weight excluding hydrogens is 498 g/mol. The Bertz CT molecular complexity index is 1060. The number of ketones is 1. The molecule has 2 heterocycles. The molecule has 2 N–H and O–H groups in total. The van der Waals surface area contributed by atoms with E-state index in [4.69, 9.17) is 4.74 Å². The van der Waals surface area contributed by atoms with Gasteiger partial charge < -0.3 is 20.1 Å². The predicted octanol–water partition coefficient (Wildman–Crippen LogP) is 3.56. The molecule has 34 heavy (non-hydrogen) atoms. The highest BCUT2D eigenvalue weighted by Gasteiger charge is 2.46. The lowest BCUT2D eigenvalue weighted by Gasteiger charge is -2.31. The molecule has 1 amide bonds. The lowest BCUT2D eigenvalue weighted by molar-refractivity contribution is -0.140. The first-order valence-electron chi connectivity index (χ1n) is 11.6. The third-order valence-electron chi connectivity index (χ3n) is 6.09. The molecule has 0 radical (unpaired) electrons. The van der Waals surface area contributed by atoms with E-state index in [1.807, 2.05) is 38.1 Å². The summed E-state index contributed by atoms with van der Waals surface area (Å²) in [6, 6.07) is 13.8. The van der Waals surface area contributed by atoms with Gasteiger partial charge in [-0.1, -0.05) is 28.1 Å². The maximum absolute atomic E-state index is 13.2. The van der Waals surface area contributed by atoms with Crippen molar-refractivity contribution >= 4 is 33.4 Å². The quantitative estimate of drug-likeness (QED) is 0.325. The maximum atomic E-state index is 13.2. The molecule has 2 aliphatic rings. The van der Waals surface area contributed by atoms with Crippen LogP contribution in [0, 0.1) is 0 Å². The van der Waals surface area contributed by atoms with Crippen molar-refractivity contribution in [2.75, 3.05) is 39.3 Å². The number of nitrogens with zero attached hydrogens (tertiary/aromatic N) is 2. The van der Waals surface area contributed by atoms with Crippen molar-refractivity contribution in [1.29, 1.82) is 0 Å². The molecule has 2 saturated heterocycles. The Kier molecular flexibility index (Phi) is 7.70. The van der Waals surface area contributed by atoms with Gasteiger partial charge in [-0.15, -0.1) is 0 Å². The predicted molar refractivity (Wildman–Crippen MR) is 135 cm³/mol. The standard InChI is InChI=1S/C26H30BrN3O4/c1-17(2)34-21-9-5-19(6-10-21)24(31)22-23(18-3-7-20(27)8-4-18)30(26(33)25(22)32)16-15-29-13-11-28-12-14-29/h3-10,17,23,28,31H,11-16H2,1-2H3/b24-22+. The first-order chi connectivity index (χ1) is 16.3. The number of likely N-dealkylation sites (tertiary alicyclic amines) is 1. The van der Waals surface area contributed by atoms with Gasteiger partial charge >= 0.3 is 0 Å². The van der Waals surface area contributed by atoms with Gasteiger partial charge in [0.1, 0.15) is 11.5 Å². The summed E-state index contributed by atoms with van der Waals surface area (Å²) in [7, 11) is 0. The number of piperazine rings is 1. The van der Waals surface area contributed by atoms with Crippen LogP contribution in [0.15, 0.2) is 58.6 Å². The molecule has 4 rings (SSSR count). The Morgan fingerprint density at radius 3 is 2.32 bits per heavy atom. The van der Waals surface area contributed by atoms with E-state index in [1.54, 1.807) is 29.2 Å². The fourth-order valence-electron chi connectivity index (χ4n) is 4.41. The largest absolute Gasteiger partial charge is 0.507 e. The molecule has 8 heteroatoms. The lowest BCUT2D eigenvalue weighted by Crippen LogP contribution is -2.46. The van der Waals surface area contributed by atoms with E-state index < -0.39 is 17.7 Å². The van der Waals surface area contributed by atoms with Crippen LogP contribution in [0.1, 0.15) is 31.0 Å². The average molecular weight is 528 g/mol. The van der Waals surface area contributed by atoms with E-state index >= 15 is 0 Å². The Labute approximate surface area is 208 Å². The molecule has 2 aromatic rings. The fourth-order valence-corrected chi connectivity index (χ4v) is 4.67. The van der Waals surface area contributed by atoms with Gasteiger partial charge in [0, 0.05) is 49.3 Å². The fraction of sp³-hybridized carbons (Fsp3) is 0.385. The van der Waals surface area contributed by atoms with Gasteiger partial charge in [-0.05, 0) is 55.8 Å². The molecule has 2 aromatic carbocycles. The average Bonchev–Trinajstić information content (AvgIpc) is 3.08. The molecule has 2 fully saturated rings. The second-order valence-corrected chi connectivity index (χ2v) is 9.74. The number of hydrogen-bond donors (Lipinski definition) is 2. The molecule has 0 saturated carbocycles. The lowest BCUT2D eigenvalue weighted by atomic mass is 9.95. The molecular formula is C26H30BrN3O4.